The van der Waals surface area contributed by atoms with Gasteiger partial charge in [0.15, 0.2) is 0 Å². The Morgan fingerprint density at radius 1 is 0.792 bits per heavy atom. The van der Waals surface area contributed by atoms with Crippen LogP contribution in [0.25, 0.3) is 38.6 Å². The standard InChI is InChI=1S/C21H15N3/c1-14-9-10-16-20(19(14)17-7-4-5-11-22-17)15-6-2-3-8-18(15)24-13-12-23-21(16)24/h2-13H,1H3. The predicted octanol–water partition coefficient (Wildman–Crippen LogP) is 5.01. The summed E-state index contributed by atoms with van der Waals surface area (Å²) in [6.45, 7) is 2.15. The third-order valence-electron chi connectivity index (χ3n) is 4.65. The first-order valence-corrected chi connectivity index (χ1v) is 8.03. The quantitative estimate of drug-likeness (QED) is 0.407. The van der Waals surface area contributed by atoms with Gasteiger partial charge in [0, 0.05) is 40.3 Å². The van der Waals surface area contributed by atoms with E-state index in [2.05, 4.69) is 63.8 Å². The number of nitrogens with zero attached hydrogens (tertiary/aromatic N) is 3. The molecule has 0 bridgehead atoms. The number of imidazole rings is 1. The predicted molar refractivity (Wildman–Crippen MR) is 98.2 cm³/mol. The normalized spacial score (nSPS) is 11.5. The summed E-state index contributed by atoms with van der Waals surface area (Å²) in [5, 5.41) is 3.61. The van der Waals surface area contributed by atoms with Crippen LogP contribution in [0.15, 0.2) is 73.2 Å². The van der Waals surface area contributed by atoms with Crippen LogP contribution in [0.2, 0.25) is 0 Å². The largest absolute Gasteiger partial charge is 0.299 e. The molecule has 0 radical (unpaired) electrons. The topological polar surface area (TPSA) is 30.2 Å². The number of benzene rings is 2. The number of rotatable bonds is 1. The summed E-state index contributed by atoms with van der Waals surface area (Å²) < 4.78 is 2.16. The minimum absolute atomic E-state index is 0.987. The monoisotopic (exact) mass is 309 g/mol. The summed E-state index contributed by atoms with van der Waals surface area (Å²) in [4.78, 5) is 9.21. The molecule has 0 aliphatic rings. The van der Waals surface area contributed by atoms with Crippen molar-refractivity contribution in [1.29, 1.82) is 0 Å². The smallest absolute Gasteiger partial charge is 0.145 e. The van der Waals surface area contributed by atoms with Gasteiger partial charge in [-0.15, -0.1) is 0 Å². The van der Waals surface area contributed by atoms with Crippen LogP contribution in [0.5, 0.6) is 0 Å². The van der Waals surface area contributed by atoms with E-state index >= 15 is 0 Å². The van der Waals surface area contributed by atoms with E-state index in [9.17, 15) is 0 Å². The van der Waals surface area contributed by atoms with E-state index in [1.165, 1.54) is 27.4 Å². The van der Waals surface area contributed by atoms with Crippen LogP contribution in [0.4, 0.5) is 0 Å². The van der Waals surface area contributed by atoms with Gasteiger partial charge in [-0.2, -0.15) is 0 Å². The molecule has 3 heterocycles. The van der Waals surface area contributed by atoms with Gasteiger partial charge in [0.1, 0.15) is 5.65 Å². The average molecular weight is 309 g/mol. The minimum Gasteiger partial charge on any atom is -0.299 e. The van der Waals surface area contributed by atoms with E-state index in [4.69, 9.17) is 0 Å². The van der Waals surface area contributed by atoms with E-state index in [-0.39, 0.29) is 0 Å². The second-order valence-corrected chi connectivity index (χ2v) is 6.03. The van der Waals surface area contributed by atoms with Gasteiger partial charge in [-0.1, -0.05) is 36.4 Å². The summed E-state index contributed by atoms with van der Waals surface area (Å²) >= 11 is 0. The first-order chi connectivity index (χ1) is 11.8. The first-order valence-electron chi connectivity index (χ1n) is 8.03. The van der Waals surface area contributed by atoms with Gasteiger partial charge >= 0.3 is 0 Å². The molecule has 3 aromatic heterocycles. The van der Waals surface area contributed by atoms with E-state index < -0.39 is 0 Å². The van der Waals surface area contributed by atoms with E-state index in [0.29, 0.717) is 0 Å². The molecule has 114 valence electrons. The van der Waals surface area contributed by atoms with Gasteiger partial charge in [-0.3, -0.25) is 9.38 Å². The average Bonchev–Trinajstić information content (AvgIpc) is 3.12. The van der Waals surface area contributed by atoms with Crippen LogP contribution in [0, 0.1) is 6.92 Å². The van der Waals surface area contributed by atoms with Gasteiger partial charge in [-0.05, 0) is 30.7 Å². The molecule has 0 saturated carbocycles. The van der Waals surface area contributed by atoms with Crippen LogP contribution >= 0.6 is 0 Å². The van der Waals surface area contributed by atoms with Gasteiger partial charge in [0.25, 0.3) is 0 Å². The van der Waals surface area contributed by atoms with Crippen molar-refractivity contribution in [3.05, 3.63) is 78.8 Å². The van der Waals surface area contributed by atoms with Gasteiger partial charge in [0.2, 0.25) is 0 Å². The Bertz CT molecular complexity index is 1200. The Hall–Kier alpha value is -3.20. The number of aryl methyl sites for hydroxylation is 1. The Morgan fingerprint density at radius 2 is 1.67 bits per heavy atom. The molecule has 24 heavy (non-hydrogen) atoms. The first kappa shape index (κ1) is 13.3. The second-order valence-electron chi connectivity index (χ2n) is 6.03. The van der Waals surface area contributed by atoms with Crippen LogP contribution in [0.1, 0.15) is 5.56 Å². The van der Waals surface area contributed by atoms with Crippen molar-refractivity contribution in [1.82, 2.24) is 14.4 Å². The van der Waals surface area contributed by atoms with Crippen LogP contribution < -0.4 is 0 Å². The number of aromatic nitrogens is 3. The molecule has 0 aliphatic carbocycles. The summed E-state index contributed by atoms with van der Waals surface area (Å²) in [6, 6.07) is 18.9. The zero-order valence-electron chi connectivity index (χ0n) is 13.3. The SMILES string of the molecule is Cc1ccc2c(c1-c1ccccn1)c1ccccc1n1ccnc21. The molecule has 0 saturated heterocycles. The fourth-order valence-electron chi connectivity index (χ4n) is 3.61. The van der Waals surface area contributed by atoms with Crippen molar-refractivity contribution in [2.45, 2.75) is 6.92 Å². The van der Waals surface area contributed by atoms with E-state index in [0.717, 1.165) is 16.7 Å². The molecular weight excluding hydrogens is 294 g/mol. The number of hydrogen-bond donors (Lipinski definition) is 0. The minimum atomic E-state index is 0.987. The maximum Gasteiger partial charge on any atom is 0.145 e. The van der Waals surface area contributed by atoms with Crippen molar-refractivity contribution in [3.63, 3.8) is 0 Å². The highest BCUT2D eigenvalue weighted by Crippen LogP contribution is 2.37. The molecule has 3 heteroatoms. The molecule has 0 aliphatic heterocycles. The number of para-hydroxylation sites is 1. The van der Waals surface area contributed by atoms with Crippen LogP contribution in [-0.4, -0.2) is 14.4 Å². The van der Waals surface area contributed by atoms with E-state index in [1.54, 1.807) is 0 Å². The number of pyridine rings is 2. The molecular formula is C21H15N3. The van der Waals surface area contributed by atoms with Crippen LogP contribution in [-0.2, 0) is 0 Å². The summed E-state index contributed by atoms with van der Waals surface area (Å²) in [5.74, 6) is 0. The fraction of sp³-hybridized carbons (Fsp3) is 0.0476. The molecule has 5 aromatic rings. The lowest BCUT2D eigenvalue weighted by atomic mass is 9.94. The molecule has 0 spiro atoms. The fourth-order valence-corrected chi connectivity index (χ4v) is 3.61. The maximum absolute atomic E-state index is 4.61. The summed E-state index contributed by atoms with van der Waals surface area (Å²) in [5.41, 5.74) is 5.57. The van der Waals surface area contributed by atoms with Crippen LogP contribution in [0.3, 0.4) is 0 Å². The Kier molecular flexibility index (Phi) is 2.71. The number of hydrogen-bond acceptors (Lipinski definition) is 2. The molecule has 3 nitrogen and oxygen atoms in total. The zero-order chi connectivity index (χ0) is 16.1. The van der Waals surface area contributed by atoms with E-state index in [1.807, 2.05) is 30.7 Å². The van der Waals surface area contributed by atoms with Gasteiger partial charge < -0.3 is 0 Å². The summed E-state index contributed by atoms with van der Waals surface area (Å²) in [7, 11) is 0. The van der Waals surface area contributed by atoms with Crippen molar-refractivity contribution >= 4 is 27.3 Å². The zero-order valence-corrected chi connectivity index (χ0v) is 13.3. The third-order valence-corrected chi connectivity index (χ3v) is 4.65. The number of fused-ring (bicyclic) bond motifs is 6. The Morgan fingerprint density at radius 3 is 2.54 bits per heavy atom. The summed E-state index contributed by atoms with van der Waals surface area (Å²) in [6.07, 6.45) is 5.74. The van der Waals surface area contributed by atoms with Gasteiger partial charge in [0.05, 0.1) is 11.2 Å². The lowest BCUT2D eigenvalue weighted by Crippen LogP contribution is -1.95. The van der Waals surface area contributed by atoms with Crippen molar-refractivity contribution in [3.8, 4) is 11.3 Å². The lowest BCUT2D eigenvalue weighted by Gasteiger charge is -2.14. The van der Waals surface area contributed by atoms with Gasteiger partial charge in [-0.25, -0.2) is 4.98 Å². The lowest BCUT2D eigenvalue weighted by molar-refractivity contribution is 1.27. The third kappa shape index (κ3) is 1.72. The molecule has 0 atom stereocenters. The highest BCUT2D eigenvalue weighted by atomic mass is 15.0. The maximum atomic E-state index is 4.61. The molecule has 0 fully saturated rings. The molecule has 0 N–H and O–H groups in total. The second kappa shape index (κ2) is 4.90. The molecule has 0 amide bonds. The van der Waals surface area contributed by atoms with Crippen molar-refractivity contribution < 1.29 is 0 Å². The van der Waals surface area contributed by atoms with Crippen molar-refractivity contribution in [2.75, 3.05) is 0 Å². The molecule has 0 unspecified atom stereocenters. The Labute approximate surface area is 139 Å². The Balaban J connectivity index is 2.11. The van der Waals surface area contributed by atoms with Crippen molar-refractivity contribution in [2.24, 2.45) is 0 Å². The molecule has 5 rings (SSSR count). The molecule has 2 aromatic carbocycles. The highest BCUT2D eigenvalue weighted by Gasteiger charge is 2.15. The highest BCUT2D eigenvalue weighted by molar-refractivity contribution is 6.18.